The summed E-state index contributed by atoms with van der Waals surface area (Å²) in [5, 5.41) is 3.54. The third-order valence-corrected chi connectivity index (χ3v) is 5.24. The standard InChI is InChI=1S/C24H16FN2O/c25-17-11-12-21-20(13-17)23-19(24(26)28)9-4-10-22(23)27(21)14-16-7-3-6-15-5-1-2-8-18(15)16/h1-12H,14H2,(H2,26,28). The van der Waals surface area contributed by atoms with Gasteiger partial charge in [-0.05, 0) is 40.6 Å². The van der Waals surface area contributed by atoms with Crippen molar-refractivity contribution in [2.75, 3.05) is 0 Å². The van der Waals surface area contributed by atoms with Crippen molar-refractivity contribution in [3.63, 3.8) is 0 Å². The van der Waals surface area contributed by atoms with Crippen LogP contribution in [0.4, 0.5) is 4.39 Å². The van der Waals surface area contributed by atoms with E-state index in [2.05, 4.69) is 34.9 Å². The first kappa shape index (κ1) is 16.5. The molecule has 28 heavy (non-hydrogen) atoms. The zero-order valence-corrected chi connectivity index (χ0v) is 14.9. The number of aromatic nitrogens is 1. The van der Waals surface area contributed by atoms with E-state index in [1.807, 2.05) is 24.3 Å². The van der Waals surface area contributed by atoms with Crippen molar-refractivity contribution in [2.45, 2.75) is 6.54 Å². The van der Waals surface area contributed by atoms with E-state index in [-0.39, 0.29) is 0 Å². The van der Waals surface area contributed by atoms with Gasteiger partial charge in [-0.2, -0.15) is 0 Å². The molecule has 1 amide bonds. The zero-order chi connectivity index (χ0) is 19.3. The first-order valence-corrected chi connectivity index (χ1v) is 9.02. The number of hydrogen-bond donors (Lipinski definition) is 1. The Labute approximate surface area is 160 Å². The summed E-state index contributed by atoms with van der Waals surface area (Å²) in [7, 11) is 0. The molecule has 0 fully saturated rings. The smallest absolute Gasteiger partial charge is 0.249 e. The molecule has 4 aromatic carbocycles. The molecule has 1 aromatic heterocycles. The highest BCUT2D eigenvalue weighted by molar-refractivity contribution is 6.17. The maximum atomic E-state index is 14.0. The Balaban J connectivity index is 1.84. The van der Waals surface area contributed by atoms with Crippen LogP contribution < -0.4 is 5.73 Å². The van der Waals surface area contributed by atoms with E-state index in [1.54, 1.807) is 18.2 Å². The second kappa shape index (κ2) is 6.20. The van der Waals surface area contributed by atoms with Crippen LogP contribution in [0, 0.1) is 11.9 Å². The van der Waals surface area contributed by atoms with Gasteiger partial charge in [0.2, 0.25) is 5.91 Å². The van der Waals surface area contributed by atoms with Crippen LogP contribution in [0.1, 0.15) is 15.9 Å². The number of fused-ring (bicyclic) bond motifs is 4. The Morgan fingerprint density at radius 2 is 1.71 bits per heavy atom. The van der Waals surface area contributed by atoms with Crippen LogP contribution in [-0.2, 0) is 6.54 Å². The lowest BCUT2D eigenvalue weighted by Gasteiger charge is -2.11. The Bertz CT molecular complexity index is 1380. The number of primary amides is 1. The molecule has 0 spiro atoms. The number of nitrogens with two attached hydrogens (primary N) is 1. The number of carbonyl (C=O) groups excluding carboxylic acids is 1. The van der Waals surface area contributed by atoms with Gasteiger partial charge in [-0.15, -0.1) is 0 Å². The van der Waals surface area contributed by atoms with Crippen LogP contribution in [0.2, 0.25) is 0 Å². The van der Waals surface area contributed by atoms with Crippen molar-refractivity contribution in [1.82, 2.24) is 4.57 Å². The molecular formula is C24H16FN2O. The molecule has 0 saturated carbocycles. The van der Waals surface area contributed by atoms with Crippen LogP contribution >= 0.6 is 0 Å². The van der Waals surface area contributed by atoms with E-state index in [0.717, 1.165) is 27.4 Å². The fourth-order valence-electron chi connectivity index (χ4n) is 4.01. The van der Waals surface area contributed by atoms with E-state index in [0.29, 0.717) is 22.9 Å². The van der Waals surface area contributed by atoms with Gasteiger partial charge < -0.3 is 10.3 Å². The lowest BCUT2D eigenvalue weighted by molar-refractivity contribution is 0.100. The number of benzene rings is 4. The van der Waals surface area contributed by atoms with Crippen LogP contribution in [0.15, 0.2) is 72.8 Å². The minimum Gasteiger partial charge on any atom is -0.366 e. The minimum absolute atomic E-state index is 0.376. The zero-order valence-electron chi connectivity index (χ0n) is 14.9. The van der Waals surface area contributed by atoms with Gasteiger partial charge in [0.05, 0.1) is 11.0 Å². The molecule has 1 radical (unpaired) electrons. The Morgan fingerprint density at radius 3 is 2.57 bits per heavy atom. The van der Waals surface area contributed by atoms with E-state index in [9.17, 15) is 9.18 Å². The average Bonchev–Trinajstić information content (AvgIpc) is 3.01. The number of amides is 1. The first-order chi connectivity index (χ1) is 13.6. The summed E-state index contributed by atoms with van der Waals surface area (Å²) in [6.45, 7) is 0.586. The molecule has 3 nitrogen and oxygen atoms in total. The number of rotatable bonds is 3. The Kier molecular flexibility index (Phi) is 3.66. The summed E-state index contributed by atoms with van der Waals surface area (Å²) in [5.41, 5.74) is 8.76. The second-order valence-corrected chi connectivity index (χ2v) is 6.85. The molecule has 0 bridgehead atoms. The van der Waals surface area contributed by atoms with E-state index in [4.69, 9.17) is 5.73 Å². The molecule has 5 aromatic rings. The monoisotopic (exact) mass is 367 g/mol. The summed E-state index contributed by atoms with van der Waals surface area (Å²) in [6.07, 6.45) is 0. The summed E-state index contributed by atoms with van der Waals surface area (Å²) in [4.78, 5) is 12.0. The molecule has 135 valence electrons. The number of hydrogen-bond acceptors (Lipinski definition) is 1. The molecule has 0 aliphatic heterocycles. The number of halogens is 1. The van der Waals surface area contributed by atoms with Crippen LogP contribution in [0.25, 0.3) is 32.6 Å². The highest BCUT2D eigenvalue weighted by Gasteiger charge is 2.17. The predicted molar refractivity (Wildman–Crippen MR) is 110 cm³/mol. The molecular weight excluding hydrogens is 351 g/mol. The van der Waals surface area contributed by atoms with Crippen LogP contribution in [0.5, 0.6) is 0 Å². The van der Waals surface area contributed by atoms with Gasteiger partial charge >= 0.3 is 0 Å². The Morgan fingerprint density at radius 1 is 0.929 bits per heavy atom. The molecule has 1 heterocycles. The van der Waals surface area contributed by atoms with E-state index >= 15 is 0 Å². The first-order valence-electron chi connectivity index (χ1n) is 9.02. The fraction of sp³-hybridized carbons (Fsp3) is 0.0417. The van der Waals surface area contributed by atoms with Crippen molar-refractivity contribution < 1.29 is 9.18 Å². The fourth-order valence-corrected chi connectivity index (χ4v) is 4.01. The summed E-state index contributed by atoms with van der Waals surface area (Å²) in [6, 6.07) is 25.7. The van der Waals surface area contributed by atoms with Gasteiger partial charge in [-0.3, -0.25) is 4.79 Å². The van der Waals surface area contributed by atoms with Gasteiger partial charge in [0.1, 0.15) is 5.82 Å². The molecule has 2 N–H and O–H groups in total. The summed E-state index contributed by atoms with van der Waals surface area (Å²) >= 11 is 0. The molecule has 4 heteroatoms. The van der Waals surface area contributed by atoms with Crippen molar-refractivity contribution in [1.29, 1.82) is 0 Å². The molecule has 0 atom stereocenters. The normalized spacial score (nSPS) is 11.5. The minimum atomic E-state index is -0.535. The summed E-state index contributed by atoms with van der Waals surface area (Å²) in [5.74, 6) is -0.997. The van der Waals surface area contributed by atoms with Crippen molar-refractivity contribution in [3.05, 3.63) is 95.8 Å². The largest absolute Gasteiger partial charge is 0.366 e. The van der Waals surface area contributed by atoms with E-state index < -0.39 is 11.7 Å². The van der Waals surface area contributed by atoms with Gasteiger partial charge in [0.15, 0.2) is 0 Å². The van der Waals surface area contributed by atoms with Gasteiger partial charge in [-0.25, -0.2) is 4.39 Å². The molecule has 0 unspecified atom stereocenters. The average molecular weight is 367 g/mol. The van der Waals surface area contributed by atoms with Gasteiger partial charge in [-0.1, -0.05) is 48.5 Å². The third-order valence-electron chi connectivity index (χ3n) is 5.24. The van der Waals surface area contributed by atoms with Crippen LogP contribution in [-0.4, -0.2) is 10.5 Å². The van der Waals surface area contributed by atoms with Gasteiger partial charge in [0, 0.05) is 28.9 Å². The van der Waals surface area contributed by atoms with Crippen LogP contribution in [0.3, 0.4) is 0 Å². The topological polar surface area (TPSA) is 48.0 Å². The highest BCUT2D eigenvalue weighted by atomic mass is 19.1. The molecule has 0 aliphatic carbocycles. The number of carbonyl (C=O) groups is 1. The van der Waals surface area contributed by atoms with Crippen molar-refractivity contribution in [2.24, 2.45) is 5.73 Å². The highest BCUT2D eigenvalue weighted by Crippen LogP contribution is 2.33. The number of nitrogens with zero attached hydrogens (tertiary/aromatic N) is 1. The molecule has 5 rings (SSSR count). The maximum absolute atomic E-state index is 14.0. The van der Waals surface area contributed by atoms with E-state index in [1.165, 1.54) is 6.07 Å². The second-order valence-electron chi connectivity index (χ2n) is 6.85. The molecule has 0 saturated heterocycles. The predicted octanol–water partition coefficient (Wildman–Crippen LogP) is 5.03. The van der Waals surface area contributed by atoms with Crippen molar-refractivity contribution >= 4 is 38.5 Å². The van der Waals surface area contributed by atoms with Crippen molar-refractivity contribution in [3.8, 4) is 0 Å². The molecule has 0 aliphatic rings. The third kappa shape index (κ3) is 2.46. The lowest BCUT2D eigenvalue weighted by Crippen LogP contribution is -2.11. The summed E-state index contributed by atoms with van der Waals surface area (Å²) < 4.78 is 16.1. The lowest BCUT2D eigenvalue weighted by atomic mass is 10.0. The maximum Gasteiger partial charge on any atom is 0.249 e. The Hall–Kier alpha value is -3.66. The SMILES string of the molecule is NC(=O)c1cccc2c1c1[c]c(F)ccc1n2Cc1cccc2ccccc12. The quantitative estimate of drug-likeness (QED) is 0.477. The van der Waals surface area contributed by atoms with Gasteiger partial charge in [0.25, 0.3) is 0 Å².